The van der Waals surface area contributed by atoms with Crippen LogP contribution in [0.1, 0.15) is 0 Å². The van der Waals surface area contributed by atoms with E-state index in [0.29, 0.717) is 12.1 Å². The van der Waals surface area contributed by atoms with Gasteiger partial charge in [0, 0.05) is 0 Å². The van der Waals surface area contributed by atoms with Crippen LogP contribution in [0.2, 0.25) is 19.6 Å². The van der Waals surface area contributed by atoms with Crippen molar-refractivity contribution in [2.45, 2.75) is 19.6 Å². The first kappa shape index (κ1) is 15.5. The quantitative estimate of drug-likeness (QED) is 0.462. The molecule has 0 aromatic heterocycles. The summed E-state index contributed by atoms with van der Waals surface area (Å²) in [6.07, 6.45) is 0. The van der Waals surface area contributed by atoms with E-state index < -0.39 is 45.9 Å². The maximum Gasteiger partial charge on any atom is 0.323 e. The van der Waals surface area contributed by atoms with Gasteiger partial charge in [-0.05, 0) is 19.6 Å². The smallest absolute Gasteiger partial charge is 0.323 e. The SMILES string of the molecule is C[Si](C)(C)Oc1c([N+](=O)[O-])cc([N+](=O)[O-])cc1[N+](=O)[O-]. The van der Waals surface area contributed by atoms with E-state index >= 15 is 0 Å². The molecule has 0 N–H and O–H groups in total. The van der Waals surface area contributed by atoms with Crippen LogP contribution in [-0.2, 0) is 0 Å². The summed E-state index contributed by atoms with van der Waals surface area (Å²) in [4.78, 5) is 29.8. The minimum atomic E-state index is -2.38. The molecule has 20 heavy (non-hydrogen) atoms. The van der Waals surface area contributed by atoms with E-state index in [4.69, 9.17) is 4.43 Å². The third-order valence-corrected chi connectivity index (χ3v) is 2.86. The second-order valence-electron chi connectivity index (χ2n) is 4.80. The predicted molar refractivity (Wildman–Crippen MR) is 70.4 cm³/mol. The van der Waals surface area contributed by atoms with Gasteiger partial charge < -0.3 is 4.43 Å². The van der Waals surface area contributed by atoms with Gasteiger partial charge in [0.2, 0.25) is 8.32 Å². The third kappa shape index (κ3) is 3.47. The van der Waals surface area contributed by atoms with Crippen molar-refractivity contribution in [3.05, 3.63) is 42.5 Å². The minimum Gasteiger partial charge on any atom is -0.535 e. The molecule has 1 aromatic carbocycles. The Labute approximate surface area is 113 Å². The van der Waals surface area contributed by atoms with Gasteiger partial charge >= 0.3 is 11.4 Å². The zero-order valence-corrected chi connectivity index (χ0v) is 11.9. The summed E-state index contributed by atoms with van der Waals surface area (Å²) >= 11 is 0. The van der Waals surface area contributed by atoms with E-state index in [1.807, 2.05) is 0 Å². The molecule has 11 heteroatoms. The fraction of sp³-hybridized carbons (Fsp3) is 0.333. The van der Waals surface area contributed by atoms with Gasteiger partial charge in [0.25, 0.3) is 11.4 Å². The minimum absolute atomic E-state index is 0.537. The molecule has 10 nitrogen and oxygen atoms in total. The average Bonchev–Trinajstić information content (AvgIpc) is 2.25. The van der Waals surface area contributed by atoms with Crippen LogP contribution in [0.5, 0.6) is 5.75 Å². The van der Waals surface area contributed by atoms with Gasteiger partial charge in [-0.2, -0.15) is 0 Å². The van der Waals surface area contributed by atoms with Gasteiger partial charge in [-0.1, -0.05) is 0 Å². The molecule has 0 amide bonds. The molecule has 0 heterocycles. The highest BCUT2D eigenvalue weighted by Crippen LogP contribution is 2.41. The summed E-state index contributed by atoms with van der Waals surface area (Å²) in [5, 5.41) is 32.6. The first-order valence-corrected chi connectivity index (χ1v) is 8.74. The number of hydrogen-bond donors (Lipinski definition) is 0. The lowest BCUT2D eigenvalue weighted by atomic mass is 10.2. The van der Waals surface area contributed by atoms with Crippen LogP contribution in [0.3, 0.4) is 0 Å². The number of rotatable bonds is 5. The van der Waals surface area contributed by atoms with Crippen LogP contribution in [0.4, 0.5) is 17.1 Å². The topological polar surface area (TPSA) is 139 Å². The van der Waals surface area contributed by atoms with Crippen LogP contribution in [0.25, 0.3) is 0 Å². The molecule has 1 aromatic rings. The molecule has 1 rings (SSSR count). The lowest BCUT2D eigenvalue weighted by Gasteiger charge is -2.18. The van der Waals surface area contributed by atoms with Crippen molar-refractivity contribution in [2.75, 3.05) is 0 Å². The molecule has 0 unspecified atom stereocenters. The number of hydrogen-bond acceptors (Lipinski definition) is 7. The predicted octanol–water partition coefficient (Wildman–Crippen LogP) is 2.62. The summed E-state index contributed by atoms with van der Waals surface area (Å²) < 4.78 is 5.35. The molecular formula is C9H11N3O7Si. The fourth-order valence-corrected chi connectivity index (χ4v) is 2.19. The number of nitro groups is 3. The standard InChI is InChI=1S/C9H11N3O7Si/c1-20(2,3)19-9-7(11(15)16)4-6(10(13)14)5-8(9)12(17)18/h4-5H,1-3H3. The van der Waals surface area contributed by atoms with E-state index in [1.165, 1.54) is 0 Å². The molecule has 0 aliphatic rings. The lowest BCUT2D eigenvalue weighted by Crippen LogP contribution is -2.30. The van der Waals surface area contributed by atoms with Crippen molar-refractivity contribution in [2.24, 2.45) is 0 Å². The van der Waals surface area contributed by atoms with Crippen LogP contribution < -0.4 is 4.43 Å². The van der Waals surface area contributed by atoms with Gasteiger partial charge in [-0.3, -0.25) is 30.3 Å². The normalized spacial score (nSPS) is 10.9. The summed E-state index contributed by atoms with van der Waals surface area (Å²) in [5.41, 5.74) is -2.30. The van der Waals surface area contributed by atoms with Crippen LogP contribution >= 0.6 is 0 Å². The summed E-state index contributed by atoms with van der Waals surface area (Å²) in [7, 11) is -2.38. The van der Waals surface area contributed by atoms with Crippen molar-refractivity contribution < 1.29 is 19.2 Å². The van der Waals surface area contributed by atoms with E-state index in [9.17, 15) is 30.3 Å². The van der Waals surface area contributed by atoms with Gasteiger partial charge in [0.15, 0.2) is 0 Å². The second-order valence-corrected chi connectivity index (χ2v) is 9.23. The maximum absolute atomic E-state index is 11.0. The van der Waals surface area contributed by atoms with E-state index in [2.05, 4.69) is 0 Å². The Hall–Kier alpha value is -2.56. The molecular weight excluding hydrogens is 290 g/mol. The Morgan fingerprint density at radius 3 is 1.55 bits per heavy atom. The highest BCUT2D eigenvalue weighted by Gasteiger charge is 2.34. The van der Waals surface area contributed by atoms with E-state index in [0.717, 1.165) is 0 Å². The van der Waals surface area contributed by atoms with Gasteiger partial charge in [-0.15, -0.1) is 0 Å². The van der Waals surface area contributed by atoms with Crippen molar-refractivity contribution in [3.63, 3.8) is 0 Å². The van der Waals surface area contributed by atoms with Crippen LogP contribution in [0, 0.1) is 30.3 Å². The Morgan fingerprint density at radius 2 is 1.30 bits per heavy atom. The Morgan fingerprint density at radius 1 is 0.900 bits per heavy atom. The molecule has 0 radical (unpaired) electrons. The van der Waals surface area contributed by atoms with Crippen LogP contribution in [-0.4, -0.2) is 23.1 Å². The molecule has 0 saturated heterocycles. The second kappa shape index (κ2) is 5.20. The summed E-state index contributed by atoms with van der Waals surface area (Å²) in [6.45, 7) is 5.05. The first-order valence-electron chi connectivity index (χ1n) is 5.33. The molecule has 0 spiro atoms. The highest BCUT2D eigenvalue weighted by molar-refractivity contribution is 6.70. The highest BCUT2D eigenvalue weighted by atomic mass is 28.4. The van der Waals surface area contributed by atoms with E-state index in [1.54, 1.807) is 19.6 Å². The molecule has 0 saturated carbocycles. The Balaban J connectivity index is 3.64. The number of nitrogens with zero attached hydrogens (tertiary/aromatic N) is 3. The zero-order chi connectivity index (χ0) is 15.7. The van der Waals surface area contributed by atoms with Crippen molar-refractivity contribution in [1.29, 1.82) is 0 Å². The van der Waals surface area contributed by atoms with Crippen LogP contribution in [0.15, 0.2) is 12.1 Å². The average molecular weight is 301 g/mol. The molecule has 0 bridgehead atoms. The summed E-state index contributed by atoms with van der Waals surface area (Å²) in [5.74, 6) is -0.537. The van der Waals surface area contributed by atoms with Gasteiger partial charge in [-0.25, -0.2) is 0 Å². The molecule has 0 fully saturated rings. The fourth-order valence-electron chi connectivity index (χ4n) is 1.37. The molecule has 108 valence electrons. The molecule has 0 aliphatic heterocycles. The Bertz CT molecular complexity index is 561. The third-order valence-electron chi connectivity index (χ3n) is 2.05. The van der Waals surface area contributed by atoms with Gasteiger partial charge in [0.05, 0.1) is 26.9 Å². The largest absolute Gasteiger partial charge is 0.535 e. The maximum atomic E-state index is 11.0. The first-order chi connectivity index (χ1) is 9.03. The lowest BCUT2D eigenvalue weighted by molar-refractivity contribution is -0.404. The Kier molecular flexibility index (Phi) is 4.03. The molecule has 0 aliphatic carbocycles. The van der Waals surface area contributed by atoms with Crippen molar-refractivity contribution in [1.82, 2.24) is 0 Å². The summed E-state index contributed by atoms with van der Waals surface area (Å²) in [6, 6.07) is 1.31. The van der Waals surface area contributed by atoms with Gasteiger partial charge in [0.1, 0.15) is 0 Å². The molecule has 0 atom stereocenters. The monoisotopic (exact) mass is 301 g/mol. The van der Waals surface area contributed by atoms with E-state index in [-0.39, 0.29) is 0 Å². The number of non-ortho nitro benzene ring substituents is 1. The van der Waals surface area contributed by atoms with Crippen molar-refractivity contribution in [3.8, 4) is 5.75 Å². The zero-order valence-electron chi connectivity index (χ0n) is 10.9. The number of benzene rings is 1. The van der Waals surface area contributed by atoms with Crippen molar-refractivity contribution >= 4 is 25.4 Å². The number of nitro benzene ring substituents is 3.